The summed E-state index contributed by atoms with van der Waals surface area (Å²) in [6.07, 6.45) is 4.50. The number of aryl methyl sites for hydroxylation is 1. The highest BCUT2D eigenvalue weighted by atomic mass is 35.5. The van der Waals surface area contributed by atoms with Crippen LogP contribution in [-0.2, 0) is 6.42 Å². The fourth-order valence-electron chi connectivity index (χ4n) is 3.29. The summed E-state index contributed by atoms with van der Waals surface area (Å²) in [6, 6.07) is 14.2. The van der Waals surface area contributed by atoms with Gasteiger partial charge in [0.2, 0.25) is 12.4 Å². The first-order chi connectivity index (χ1) is 13.5. The Bertz CT molecular complexity index is 1060. The van der Waals surface area contributed by atoms with Crippen molar-refractivity contribution in [3.8, 4) is 11.5 Å². The van der Waals surface area contributed by atoms with Crippen LogP contribution in [0.4, 0.5) is 5.69 Å². The van der Waals surface area contributed by atoms with Crippen LogP contribution in [0.2, 0.25) is 10.0 Å². The van der Waals surface area contributed by atoms with Crippen LogP contribution in [0.25, 0.3) is 0 Å². The van der Waals surface area contributed by atoms with E-state index >= 15 is 0 Å². The van der Waals surface area contributed by atoms with Gasteiger partial charge in [-0.3, -0.25) is 10.0 Å². The van der Waals surface area contributed by atoms with E-state index in [9.17, 15) is 10.0 Å². The maximum absolute atomic E-state index is 13.3. The average molecular weight is 416 g/mol. The third kappa shape index (κ3) is 3.63. The second-order valence-corrected chi connectivity index (χ2v) is 7.31. The maximum Gasteiger partial charge on any atom is 0.268 e. The van der Waals surface area contributed by atoms with Gasteiger partial charge in [0.15, 0.2) is 11.3 Å². The Hall–Kier alpha value is -2.76. The second-order valence-electron chi connectivity index (χ2n) is 6.47. The van der Waals surface area contributed by atoms with Crippen molar-refractivity contribution in [3.05, 3.63) is 82.1 Å². The average Bonchev–Trinajstić information content (AvgIpc) is 2.71. The van der Waals surface area contributed by atoms with Crippen LogP contribution < -0.4 is 14.4 Å². The van der Waals surface area contributed by atoms with Gasteiger partial charge in [-0.25, -0.2) is 0 Å². The highest BCUT2D eigenvalue weighted by Gasteiger charge is 2.28. The number of anilines is 1. The number of hydrogen-bond donors (Lipinski definition) is 1. The predicted molar refractivity (Wildman–Crippen MR) is 107 cm³/mol. The smallest absolute Gasteiger partial charge is 0.268 e. The molecule has 5 nitrogen and oxygen atoms in total. The topological polar surface area (TPSA) is 53.6 Å². The molecule has 0 fully saturated rings. The zero-order chi connectivity index (χ0) is 19.7. The van der Waals surface area contributed by atoms with Gasteiger partial charge in [-0.15, -0.1) is 0 Å². The maximum atomic E-state index is 13.3. The Balaban J connectivity index is 1.73. The fourth-order valence-corrected chi connectivity index (χ4v) is 3.60. The lowest BCUT2D eigenvalue weighted by Gasteiger charge is -2.29. The Morgan fingerprint density at radius 3 is 2.79 bits per heavy atom. The molecule has 0 spiro atoms. The van der Waals surface area contributed by atoms with Gasteiger partial charge in [-0.1, -0.05) is 41.4 Å². The summed E-state index contributed by atoms with van der Waals surface area (Å²) in [4.78, 5) is 15.0. The van der Waals surface area contributed by atoms with E-state index in [2.05, 4.69) is 0 Å². The largest absolute Gasteiger partial charge is 0.454 e. The second kappa shape index (κ2) is 7.70. The van der Waals surface area contributed by atoms with Gasteiger partial charge >= 0.3 is 0 Å². The zero-order valence-corrected chi connectivity index (χ0v) is 16.3. The lowest BCUT2D eigenvalue weighted by molar-refractivity contribution is -0.904. The summed E-state index contributed by atoms with van der Waals surface area (Å²) < 4.78 is 6.72. The van der Waals surface area contributed by atoms with Gasteiger partial charge in [-0.05, 0) is 36.6 Å². The first-order valence-electron chi connectivity index (χ1n) is 8.80. The number of carbonyl (C=O) groups is 1. The summed E-state index contributed by atoms with van der Waals surface area (Å²) in [6.45, 7) is 0.591. The quantitative estimate of drug-likeness (QED) is 0.488. The van der Waals surface area contributed by atoms with E-state index < -0.39 is 0 Å². The van der Waals surface area contributed by atoms with Crippen LogP contribution in [0, 0.1) is 0 Å². The van der Waals surface area contributed by atoms with Crippen LogP contribution in [0.5, 0.6) is 11.5 Å². The molecule has 1 aliphatic rings. The molecule has 1 aromatic heterocycles. The number of amides is 1. The number of nitrogens with zero attached hydrogens (tertiary/aromatic N) is 2. The summed E-state index contributed by atoms with van der Waals surface area (Å²) in [5.41, 5.74) is 2.21. The molecule has 0 saturated carbocycles. The molecule has 0 saturated heterocycles. The fraction of sp³-hybridized carbons (Fsp3) is 0.143. The highest BCUT2D eigenvalue weighted by molar-refractivity contribution is 6.34. The number of carbonyl (C=O) groups excluding carboxylic acids is 1. The number of para-hydroxylation sites is 1. The van der Waals surface area contributed by atoms with Crippen LogP contribution in [0.1, 0.15) is 22.3 Å². The summed E-state index contributed by atoms with van der Waals surface area (Å²) in [5, 5.41) is 10.7. The minimum atomic E-state index is -0.260. The molecule has 0 atom stereocenters. The lowest BCUT2D eigenvalue weighted by atomic mass is 10.0. The molecule has 7 heteroatoms. The van der Waals surface area contributed by atoms with Gasteiger partial charge in [0.1, 0.15) is 5.75 Å². The van der Waals surface area contributed by atoms with E-state index in [0.717, 1.165) is 28.8 Å². The Kier molecular flexibility index (Phi) is 5.11. The van der Waals surface area contributed by atoms with Crippen LogP contribution in [0.3, 0.4) is 0 Å². The van der Waals surface area contributed by atoms with Gasteiger partial charge < -0.3 is 9.64 Å². The number of halogens is 2. The van der Waals surface area contributed by atoms with E-state index in [1.54, 1.807) is 23.1 Å². The molecular weight excluding hydrogens is 399 g/mol. The van der Waals surface area contributed by atoms with Crippen molar-refractivity contribution in [3.63, 3.8) is 0 Å². The van der Waals surface area contributed by atoms with Crippen molar-refractivity contribution in [2.24, 2.45) is 0 Å². The molecule has 4 rings (SSSR count). The lowest BCUT2D eigenvalue weighted by Crippen LogP contribution is -2.38. The molecule has 3 aromatic rings. The van der Waals surface area contributed by atoms with E-state index in [4.69, 9.17) is 27.9 Å². The standard InChI is InChI=1S/C21H17Cl2N2O3/c22-15-7-8-17(23)20(12-15)28-19-9-11-24(27)13-16(19)21(26)25-10-3-5-14-4-1-2-6-18(14)25/h1-2,4,6-9,11-13,27H,3,5,10H2/q+1. The SMILES string of the molecule is O=C(c1c[n+](O)ccc1Oc1cc(Cl)ccc1Cl)N1CCCc2ccccc21. The molecule has 0 aliphatic carbocycles. The molecule has 1 amide bonds. The molecular formula is C21H17Cl2N2O3+. The van der Waals surface area contributed by atoms with Crippen molar-refractivity contribution in [2.45, 2.75) is 12.8 Å². The molecule has 142 valence electrons. The van der Waals surface area contributed by atoms with Gasteiger partial charge in [0.25, 0.3) is 5.91 Å². The number of fused-ring (bicyclic) bond motifs is 1. The molecule has 28 heavy (non-hydrogen) atoms. The van der Waals surface area contributed by atoms with Crippen LogP contribution >= 0.6 is 23.2 Å². The van der Waals surface area contributed by atoms with Crippen molar-refractivity contribution in [1.29, 1.82) is 0 Å². The Labute approximate surface area is 172 Å². The minimum absolute atomic E-state index is 0.220. The molecule has 0 radical (unpaired) electrons. The molecule has 1 N–H and O–H groups in total. The monoisotopic (exact) mass is 415 g/mol. The molecule has 1 aliphatic heterocycles. The van der Waals surface area contributed by atoms with Crippen molar-refractivity contribution >= 4 is 34.8 Å². The number of hydrogen-bond acceptors (Lipinski definition) is 3. The number of benzene rings is 2. The number of ether oxygens (including phenoxy) is 1. The number of rotatable bonds is 3. The predicted octanol–water partition coefficient (Wildman–Crippen LogP) is 4.90. The normalized spacial score (nSPS) is 13.1. The van der Waals surface area contributed by atoms with Crippen LogP contribution in [-0.4, -0.2) is 17.7 Å². The number of aromatic nitrogens is 1. The van der Waals surface area contributed by atoms with Crippen molar-refractivity contribution in [2.75, 3.05) is 11.4 Å². The van der Waals surface area contributed by atoms with E-state index in [1.165, 1.54) is 18.5 Å². The van der Waals surface area contributed by atoms with Crippen molar-refractivity contribution in [1.82, 2.24) is 0 Å². The van der Waals surface area contributed by atoms with E-state index in [0.29, 0.717) is 22.3 Å². The zero-order valence-electron chi connectivity index (χ0n) is 14.8. The van der Waals surface area contributed by atoms with Gasteiger partial charge in [0.05, 0.1) is 11.1 Å². The minimum Gasteiger partial charge on any atom is -0.454 e. The molecule has 0 unspecified atom stereocenters. The van der Waals surface area contributed by atoms with E-state index in [-0.39, 0.29) is 17.2 Å². The van der Waals surface area contributed by atoms with E-state index in [1.807, 2.05) is 24.3 Å². The van der Waals surface area contributed by atoms with Gasteiger partial charge in [-0.2, -0.15) is 0 Å². The molecule has 2 heterocycles. The summed E-state index contributed by atoms with van der Waals surface area (Å²) in [5.74, 6) is 0.351. The first-order valence-corrected chi connectivity index (χ1v) is 9.56. The number of pyridine rings is 1. The highest BCUT2D eigenvalue weighted by Crippen LogP contribution is 2.35. The molecule has 0 bridgehead atoms. The van der Waals surface area contributed by atoms with Gasteiger partial charge in [0, 0.05) is 28.1 Å². The first kappa shape index (κ1) is 18.6. The van der Waals surface area contributed by atoms with Crippen LogP contribution in [0.15, 0.2) is 60.9 Å². The Morgan fingerprint density at radius 1 is 1.11 bits per heavy atom. The van der Waals surface area contributed by atoms with Crippen molar-refractivity contribution < 1.29 is 19.5 Å². The summed E-state index contributed by atoms with van der Waals surface area (Å²) >= 11 is 12.2. The molecule has 2 aromatic carbocycles. The summed E-state index contributed by atoms with van der Waals surface area (Å²) in [7, 11) is 0. The third-order valence-electron chi connectivity index (χ3n) is 4.60. The Morgan fingerprint density at radius 2 is 1.93 bits per heavy atom. The third-order valence-corrected chi connectivity index (χ3v) is 5.15.